The summed E-state index contributed by atoms with van der Waals surface area (Å²) in [5.41, 5.74) is 0.607. The van der Waals surface area contributed by atoms with E-state index in [2.05, 4.69) is 38.7 Å². The number of methoxy groups -OCH3 is 1. The summed E-state index contributed by atoms with van der Waals surface area (Å²) < 4.78 is 16.8. The number of rotatable bonds is 14. The van der Waals surface area contributed by atoms with Crippen molar-refractivity contribution in [2.75, 3.05) is 40.1 Å². The number of ether oxygens (including phenoxy) is 3. The highest BCUT2D eigenvalue weighted by Crippen LogP contribution is 2.48. The minimum absolute atomic E-state index is 0.0776. The predicted octanol–water partition coefficient (Wildman–Crippen LogP) is 5.31. The molecule has 212 valence electrons. The Bertz CT molecular complexity index is 983. The Morgan fingerprint density at radius 3 is 2.45 bits per heavy atom. The average Bonchev–Trinajstić information content (AvgIpc) is 3.48. The fourth-order valence-corrected chi connectivity index (χ4v) is 5.84. The van der Waals surface area contributed by atoms with E-state index in [4.69, 9.17) is 14.2 Å². The first-order chi connectivity index (χ1) is 18.1. The van der Waals surface area contributed by atoms with Gasteiger partial charge in [-0.3, -0.25) is 14.5 Å². The number of carbonyl (C=O) groups is 2. The molecule has 0 saturated carbocycles. The van der Waals surface area contributed by atoms with Crippen molar-refractivity contribution in [2.24, 2.45) is 11.3 Å². The lowest BCUT2D eigenvalue weighted by molar-refractivity contribution is -0.144. The highest BCUT2D eigenvalue weighted by atomic mass is 16.7. The van der Waals surface area contributed by atoms with Crippen molar-refractivity contribution in [1.82, 2.24) is 9.80 Å². The summed E-state index contributed by atoms with van der Waals surface area (Å²) in [5.74, 6) is -0.141. The first kappa shape index (κ1) is 29.8. The Balaban J connectivity index is 1.97. The normalized spacial score (nSPS) is 21.3. The number of aliphatic carboxylic acids is 1. The fourth-order valence-electron chi connectivity index (χ4n) is 5.84. The second-order valence-corrected chi connectivity index (χ2v) is 11.2. The van der Waals surface area contributed by atoms with Gasteiger partial charge in [-0.05, 0) is 49.3 Å². The maximum Gasteiger partial charge on any atom is 0.308 e. The molecule has 0 spiro atoms. The first-order valence-corrected chi connectivity index (χ1v) is 14.0. The van der Waals surface area contributed by atoms with Gasteiger partial charge < -0.3 is 24.2 Å². The summed E-state index contributed by atoms with van der Waals surface area (Å²) in [6.07, 6.45) is 8.73. The number of hydrogen-bond donors (Lipinski definition) is 1. The van der Waals surface area contributed by atoms with Crippen LogP contribution < -0.4 is 14.2 Å². The van der Waals surface area contributed by atoms with E-state index in [1.54, 1.807) is 7.11 Å². The van der Waals surface area contributed by atoms with Crippen LogP contribution in [0.3, 0.4) is 0 Å². The van der Waals surface area contributed by atoms with Crippen LogP contribution in [0.2, 0.25) is 0 Å². The molecule has 2 aliphatic heterocycles. The summed E-state index contributed by atoms with van der Waals surface area (Å²) in [4.78, 5) is 30.5. The molecule has 3 rings (SSSR count). The maximum absolute atomic E-state index is 13.6. The molecule has 8 heteroatoms. The minimum Gasteiger partial charge on any atom is -0.493 e. The largest absolute Gasteiger partial charge is 0.493 e. The van der Waals surface area contributed by atoms with Crippen molar-refractivity contribution in [2.45, 2.75) is 78.7 Å². The van der Waals surface area contributed by atoms with E-state index < -0.39 is 11.9 Å². The molecular formula is C30H46N2O6. The van der Waals surface area contributed by atoms with Crippen molar-refractivity contribution >= 4 is 11.9 Å². The van der Waals surface area contributed by atoms with Crippen molar-refractivity contribution in [1.29, 1.82) is 0 Å². The standard InChI is InChI=1S/C30H46N2O6/c1-7-10-13-31(14-11-8-2)26(33)19-32-18-22(21-15-24(36-6)28-25(16-21)37-20-38-28)27(29(34)35)23(32)17-30(4,5)12-9-3/h9,12,15-16,22-23,27H,7-8,10-11,13-14,17-20H2,1-6H3,(H,34,35)/b12-9+. The molecule has 0 aliphatic carbocycles. The number of fused-ring (bicyclic) bond motifs is 1. The number of carboxylic acids is 1. The predicted molar refractivity (Wildman–Crippen MR) is 148 cm³/mol. The van der Waals surface area contributed by atoms with E-state index in [0.717, 1.165) is 44.3 Å². The second-order valence-electron chi connectivity index (χ2n) is 11.2. The molecular weight excluding hydrogens is 484 g/mol. The molecule has 1 saturated heterocycles. The summed E-state index contributed by atoms with van der Waals surface area (Å²) in [6.45, 7) is 12.8. The molecule has 1 aromatic carbocycles. The van der Waals surface area contributed by atoms with E-state index in [-0.39, 0.29) is 36.6 Å². The van der Waals surface area contributed by atoms with E-state index in [1.165, 1.54) is 0 Å². The van der Waals surface area contributed by atoms with Crippen LogP contribution in [0.15, 0.2) is 24.3 Å². The zero-order valence-electron chi connectivity index (χ0n) is 24.0. The van der Waals surface area contributed by atoms with Crippen LogP contribution >= 0.6 is 0 Å². The molecule has 1 N–H and O–H groups in total. The molecule has 3 atom stereocenters. The number of allylic oxidation sites excluding steroid dienone is 2. The third kappa shape index (κ3) is 7.01. The zero-order valence-corrected chi connectivity index (χ0v) is 24.0. The van der Waals surface area contributed by atoms with Crippen LogP contribution in [-0.2, 0) is 9.59 Å². The number of nitrogens with zero attached hydrogens (tertiary/aromatic N) is 2. The monoisotopic (exact) mass is 530 g/mol. The zero-order chi connectivity index (χ0) is 27.9. The Hall–Kier alpha value is -2.74. The second kappa shape index (κ2) is 13.4. The number of likely N-dealkylation sites (tertiary alicyclic amines) is 1. The van der Waals surface area contributed by atoms with E-state index in [0.29, 0.717) is 30.2 Å². The summed E-state index contributed by atoms with van der Waals surface area (Å²) in [7, 11) is 1.57. The average molecular weight is 531 g/mol. The third-order valence-corrected chi connectivity index (χ3v) is 7.75. The van der Waals surface area contributed by atoms with Gasteiger partial charge in [0.05, 0.1) is 19.6 Å². The van der Waals surface area contributed by atoms with Gasteiger partial charge in [-0.25, -0.2) is 0 Å². The lowest BCUT2D eigenvalue weighted by Crippen LogP contribution is -2.45. The summed E-state index contributed by atoms with van der Waals surface area (Å²) in [5, 5.41) is 10.5. The maximum atomic E-state index is 13.6. The number of benzene rings is 1. The lowest BCUT2D eigenvalue weighted by atomic mass is 9.77. The number of carboxylic acid groups (broad SMARTS) is 1. The SMILES string of the molecule is C/C=C/C(C)(C)CC1C(C(=O)O)C(c2cc(OC)c3c(c2)OCO3)CN1CC(=O)N(CCCC)CCCC. The topological polar surface area (TPSA) is 88.5 Å². The number of amides is 1. The molecule has 0 radical (unpaired) electrons. The van der Waals surface area contributed by atoms with Crippen LogP contribution in [-0.4, -0.2) is 72.9 Å². The molecule has 0 aromatic heterocycles. The van der Waals surface area contributed by atoms with Gasteiger partial charge in [0.25, 0.3) is 0 Å². The van der Waals surface area contributed by atoms with Crippen molar-refractivity contribution in [3.63, 3.8) is 0 Å². The molecule has 8 nitrogen and oxygen atoms in total. The van der Waals surface area contributed by atoms with E-state index >= 15 is 0 Å². The van der Waals surface area contributed by atoms with Gasteiger partial charge in [0, 0.05) is 31.6 Å². The Morgan fingerprint density at radius 2 is 1.87 bits per heavy atom. The highest BCUT2D eigenvalue weighted by molar-refractivity contribution is 5.79. The van der Waals surface area contributed by atoms with Gasteiger partial charge >= 0.3 is 5.97 Å². The highest BCUT2D eigenvalue weighted by Gasteiger charge is 2.49. The number of hydrogen-bond acceptors (Lipinski definition) is 6. The molecule has 2 aliphatic rings. The Kier molecular flexibility index (Phi) is 10.5. The molecule has 2 heterocycles. The third-order valence-electron chi connectivity index (χ3n) is 7.75. The number of unbranched alkanes of at least 4 members (excludes halogenated alkanes) is 2. The summed E-state index contributed by atoms with van der Waals surface area (Å²) in [6, 6.07) is 3.44. The molecule has 1 aromatic rings. The number of carbonyl (C=O) groups excluding carboxylic acids is 1. The quantitative estimate of drug-likeness (QED) is 0.326. The van der Waals surface area contributed by atoms with Crippen LogP contribution in [0, 0.1) is 11.3 Å². The molecule has 1 amide bonds. The van der Waals surface area contributed by atoms with Crippen LogP contribution in [0.5, 0.6) is 17.2 Å². The minimum atomic E-state index is -0.850. The van der Waals surface area contributed by atoms with Gasteiger partial charge in [0.15, 0.2) is 11.5 Å². The van der Waals surface area contributed by atoms with Gasteiger partial charge in [0.2, 0.25) is 18.4 Å². The first-order valence-electron chi connectivity index (χ1n) is 14.0. The van der Waals surface area contributed by atoms with Crippen molar-refractivity contribution in [3.05, 3.63) is 29.8 Å². The van der Waals surface area contributed by atoms with Crippen LogP contribution in [0.1, 0.15) is 78.2 Å². The summed E-state index contributed by atoms with van der Waals surface area (Å²) >= 11 is 0. The van der Waals surface area contributed by atoms with E-state index in [1.807, 2.05) is 30.0 Å². The van der Waals surface area contributed by atoms with Crippen molar-refractivity contribution < 1.29 is 28.9 Å². The van der Waals surface area contributed by atoms with E-state index in [9.17, 15) is 14.7 Å². The van der Waals surface area contributed by atoms with Crippen LogP contribution in [0.4, 0.5) is 0 Å². The Morgan fingerprint density at radius 1 is 1.18 bits per heavy atom. The van der Waals surface area contributed by atoms with Crippen LogP contribution in [0.25, 0.3) is 0 Å². The van der Waals surface area contributed by atoms with Crippen molar-refractivity contribution in [3.8, 4) is 17.2 Å². The Labute approximate surface area is 227 Å². The lowest BCUT2D eigenvalue weighted by Gasteiger charge is -2.34. The van der Waals surface area contributed by atoms with Gasteiger partial charge in [-0.1, -0.05) is 52.7 Å². The molecule has 3 unspecified atom stereocenters. The van der Waals surface area contributed by atoms with Gasteiger partial charge in [0.1, 0.15) is 0 Å². The molecule has 1 fully saturated rings. The van der Waals surface area contributed by atoms with Gasteiger partial charge in [-0.15, -0.1) is 0 Å². The fraction of sp³-hybridized carbons (Fsp3) is 0.667. The smallest absolute Gasteiger partial charge is 0.308 e. The molecule has 0 bridgehead atoms. The molecule has 38 heavy (non-hydrogen) atoms. The van der Waals surface area contributed by atoms with Gasteiger partial charge in [-0.2, -0.15) is 0 Å².